The van der Waals surface area contributed by atoms with E-state index in [1.807, 2.05) is 11.2 Å². The average Bonchev–Trinajstić information content (AvgIpc) is 2.67. The van der Waals surface area contributed by atoms with E-state index < -0.39 is 8.32 Å². The van der Waals surface area contributed by atoms with Gasteiger partial charge in [-0.25, -0.2) is 0 Å². The fourth-order valence-corrected chi connectivity index (χ4v) is 8.35. The maximum atomic E-state index is 6.87. The molecule has 0 aliphatic rings. The highest BCUT2D eigenvalue weighted by atomic mass is 79.9. The Morgan fingerprint density at radius 2 is 1.48 bits per heavy atom. The summed E-state index contributed by atoms with van der Waals surface area (Å²) in [5.74, 6) is 0. The molecule has 0 amide bonds. The van der Waals surface area contributed by atoms with Gasteiger partial charge in [0.1, 0.15) is 0 Å². The largest absolute Gasteiger partial charge is 0.539 e. The number of rotatable bonds is 8. The molecular formula is C23H28Br2OSi. The van der Waals surface area contributed by atoms with Gasteiger partial charge < -0.3 is 4.43 Å². The van der Waals surface area contributed by atoms with Gasteiger partial charge in [0.2, 0.25) is 0 Å². The second-order valence-electron chi connectivity index (χ2n) is 7.56. The van der Waals surface area contributed by atoms with Gasteiger partial charge in [0.05, 0.1) is 6.26 Å². The molecule has 0 bridgehead atoms. The molecule has 4 heteroatoms. The van der Waals surface area contributed by atoms with E-state index in [0.717, 1.165) is 18.2 Å². The predicted octanol–water partition coefficient (Wildman–Crippen LogP) is 6.53. The Bertz CT molecular complexity index is 709. The van der Waals surface area contributed by atoms with Crippen molar-refractivity contribution >= 4 is 50.6 Å². The topological polar surface area (TPSA) is 9.23 Å². The number of halogens is 2. The maximum absolute atomic E-state index is 6.87. The minimum Gasteiger partial charge on any atom is -0.539 e. The van der Waals surface area contributed by atoms with Crippen molar-refractivity contribution in [3.05, 3.63) is 83.6 Å². The van der Waals surface area contributed by atoms with Crippen LogP contribution in [0.3, 0.4) is 0 Å². The van der Waals surface area contributed by atoms with Crippen LogP contribution >= 0.6 is 31.9 Å². The van der Waals surface area contributed by atoms with E-state index in [9.17, 15) is 0 Å². The Balaban J connectivity index is 2.62. The molecule has 0 aliphatic carbocycles. The fourth-order valence-electron chi connectivity index (χ4n) is 3.39. The lowest BCUT2D eigenvalue weighted by molar-refractivity contribution is 0.440. The zero-order valence-electron chi connectivity index (χ0n) is 16.3. The molecule has 1 nitrogen and oxygen atoms in total. The van der Waals surface area contributed by atoms with Gasteiger partial charge in [-0.2, -0.15) is 0 Å². The molecule has 0 fully saturated rings. The van der Waals surface area contributed by atoms with Gasteiger partial charge in [-0.15, -0.1) is 0 Å². The molecule has 0 N–H and O–H groups in total. The lowest BCUT2D eigenvalue weighted by Gasteiger charge is -2.42. The minimum absolute atomic E-state index is 0.0230. The van der Waals surface area contributed by atoms with Crippen molar-refractivity contribution < 1.29 is 4.43 Å². The Kier molecular flexibility index (Phi) is 8.58. The highest BCUT2D eigenvalue weighted by Gasteiger charge is 2.51. The second kappa shape index (κ2) is 10.4. The van der Waals surface area contributed by atoms with E-state index in [0.29, 0.717) is 0 Å². The number of allylic oxidation sites excluding steroid dienone is 2. The summed E-state index contributed by atoms with van der Waals surface area (Å²) < 4.78 is 6.87. The molecule has 0 radical (unpaired) electrons. The van der Waals surface area contributed by atoms with E-state index in [1.165, 1.54) is 15.9 Å². The number of benzene rings is 2. The lowest BCUT2D eigenvalue weighted by Crippen LogP contribution is -2.65. The van der Waals surface area contributed by atoms with Crippen LogP contribution in [0.25, 0.3) is 0 Å². The first-order chi connectivity index (χ1) is 13.0. The van der Waals surface area contributed by atoms with E-state index in [-0.39, 0.29) is 5.04 Å². The van der Waals surface area contributed by atoms with Crippen LogP contribution in [-0.4, -0.2) is 13.6 Å². The van der Waals surface area contributed by atoms with Gasteiger partial charge >= 0.3 is 8.32 Å². The Labute approximate surface area is 181 Å². The molecular weight excluding hydrogens is 480 g/mol. The third kappa shape index (κ3) is 5.46. The average molecular weight is 508 g/mol. The molecule has 27 heavy (non-hydrogen) atoms. The first kappa shape index (κ1) is 22.2. The summed E-state index contributed by atoms with van der Waals surface area (Å²) in [6.45, 7) is 6.89. The standard InChI is InChI=1S/C23H28Br2OSi/c1-23(2,3)27(21-12-6-4-7-13-21,22-14-8-5-9-15-22)26-19-20(16-18-25)11-10-17-24/h4-9,12-16,18-19H,10-11,17H2,1-3H3. The molecule has 0 aliphatic heterocycles. The summed E-state index contributed by atoms with van der Waals surface area (Å²) in [7, 11) is -2.52. The first-order valence-electron chi connectivity index (χ1n) is 9.26. The first-order valence-corrected chi connectivity index (χ1v) is 13.2. The van der Waals surface area contributed by atoms with Crippen molar-refractivity contribution in [2.75, 3.05) is 5.33 Å². The van der Waals surface area contributed by atoms with Crippen molar-refractivity contribution in [1.29, 1.82) is 0 Å². The van der Waals surface area contributed by atoms with E-state index in [2.05, 4.69) is 119 Å². The molecule has 2 aromatic rings. The van der Waals surface area contributed by atoms with Crippen molar-refractivity contribution in [3.8, 4) is 0 Å². The van der Waals surface area contributed by atoms with Crippen LogP contribution in [0, 0.1) is 0 Å². The Morgan fingerprint density at radius 1 is 0.963 bits per heavy atom. The van der Waals surface area contributed by atoms with Crippen LogP contribution in [0.1, 0.15) is 33.6 Å². The predicted molar refractivity (Wildman–Crippen MR) is 128 cm³/mol. The van der Waals surface area contributed by atoms with Crippen molar-refractivity contribution in [2.45, 2.75) is 38.7 Å². The van der Waals surface area contributed by atoms with E-state index in [1.54, 1.807) is 0 Å². The number of alkyl halides is 1. The van der Waals surface area contributed by atoms with E-state index in [4.69, 9.17) is 4.43 Å². The highest BCUT2D eigenvalue weighted by molar-refractivity contribution is 9.11. The fraction of sp³-hybridized carbons (Fsp3) is 0.304. The van der Waals surface area contributed by atoms with Crippen molar-refractivity contribution in [1.82, 2.24) is 0 Å². The molecule has 0 unspecified atom stereocenters. The van der Waals surface area contributed by atoms with E-state index >= 15 is 0 Å². The molecule has 0 saturated carbocycles. The van der Waals surface area contributed by atoms with Gasteiger partial charge in [0, 0.05) is 5.33 Å². The van der Waals surface area contributed by atoms with Crippen molar-refractivity contribution in [3.63, 3.8) is 0 Å². The zero-order valence-corrected chi connectivity index (χ0v) is 20.5. The van der Waals surface area contributed by atoms with Crippen molar-refractivity contribution in [2.24, 2.45) is 0 Å². The number of hydrogen-bond acceptors (Lipinski definition) is 1. The Morgan fingerprint density at radius 3 is 1.89 bits per heavy atom. The summed E-state index contributed by atoms with van der Waals surface area (Å²) in [6.07, 6.45) is 6.14. The normalized spacial score (nSPS) is 13.1. The molecule has 0 saturated heterocycles. The highest BCUT2D eigenvalue weighted by Crippen LogP contribution is 2.37. The summed E-state index contributed by atoms with van der Waals surface area (Å²) in [6, 6.07) is 21.5. The van der Waals surface area contributed by atoms with Gasteiger partial charge in [0.25, 0.3) is 0 Å². The quantitative estimate of drug-likeness (QED) is 0.171. The molecule has 0 aromatic heterocycles. The van der Waals surface area contributed by atoms with Crippen LogP contribution in [0.2, 0.25) is 5.04 Å². The van der Waals surface area contributed by atoms with Gasteiger partial charge in [0.15, 0.2) is 0 Å². The molecule has 144 valence electrons. The molecule has 2 rings (SSSR count). The Hall–Kier alpha value is -1.10. The summed E-state index contributed by atoms with van der Waals surface area (Å²) in [4.78, 5) is 1.90. The van der Waals surface area contributed by atoms with Gasteiger partial charge in [-0.3, -0.25) is 0 Å². The third-order valence-electron chi connectivity index (χ3n) is 4.68. The summed E-state index contributed by atoms with van der Waals surface area (Å²) in [5, 5.41) is 3.55. The van der Waals surface area contributed by atoms with Crippen LogP contribution in [0.4, 0.5) is 0 Å². The monoisotopic (exact) mass is 506 g/mol. The molecule has 0 spiro atoms. The molecule has 0 atom stereocenters. The summed E-state index contributed by atoms with van der Waals surface area (Å²) in [5.41, 5.74) is 1.19. The lowest BCUT2D eigenvalue weighted by atomic mass is 10.2. The zero-order chi connectivity index (χ0) is 19.8. The molecule has 2 aromatic carbocycles. The van der Waals surface area contributed by atoms with Crippen LogP contribution in [0.5, 0.6) is 0 Å². The smallest absolute Gasteiger partial charge is 0.319 e. The molecule has 0 heterocycles. The minimum atomic E-state index is -2.52. The van der Waals surface area contributed by atoms with Gasteiger partial charge in [-0.05, 0) is 44.9 Å². The van der Waals surface area contributed by atoms with Crippen LogP contribution in [-0.2, 0) is 4.43 Å². The third-order valence-corrected chi connectivity index (χ3v) is 10.4. The second-order valence-corrected chi connectivity index (χ2v) is 13.1. The summed E-state index contributed by atoms with van der Waals surface area (Å²) >= 11 is 6.94. The van der Waals surface area contributed by atoms with Gasteiger partial charge in [-0.1, -0.05) is 113 Å². The number of hydrogen-bond donors (Lipinski definition) is 0. The maximum Gasteiger partial charge on any atom is 0.319 e. The van der Waals surface area contributed by atoms with Crippen LogP contribution < -0.4 is 10.4 Å². The van der Waals surface area contributed by atoms with Crippen LogP contribution in [0.15, 0.2) is 83.6 Å². The SMILES string of the molecule is CC(C)(C)[Si](OC=C(C=CBr)CCCBr)(c1ccccc1)c1ccccc1.